The number of hydrogen-bond donors (Lipinski definition) is 2. The van der Waals surface area contributed by atoms with Crippen LogP contribution < -0.4 is 0 Å². The third-order valence-electron chi connectivity index (χ3n) is 4.50. The molecule has 7 nitrogen and oxygen atoms in total. The van der Waals surface area contributed by atoms with Gasteiger partial charge in [0.05, 0.1) is 12.9 Å². The summed E-state index contributed by atoms with van der Waals surface area (Å²) in [5, 5.41) is 15.3. The van der Waals surface area contributed by atoms with Crippen LogP contribution in [0.2, 0.25) is 0 Å². The molecule has 1 aromatic heterocycles. The first-order chi connectivity index (χ1) is 14.5. The predicted octanol–water partition coefficient (Wildman–Crippen LogP) is 5.10. The first kappa shape index (κ1) is 28.5. The van der Waals surface area contributed by atoms with Crippen LogP contribution in [0.15, 0.2) is 18.7 Å². The number of aromatic nitrogens is 2. The van der Waals surface area contributed by atoms with Gasteiger partial charge in [-0.1, -0.05) is 71.6 Å². The van der Waals surface area contributed by atoms with Gasteiger partial charge in [-0.15, -0.1) is 0 Å². The Balaban J connectivity index is 0.00000122. The topological polar surface area (TPSA) is 102 Å². The fourth-order valence-electron chi connectivity index (χ4n) is 2.93. The lowest BCUT2D eigenvalue weighted by Crippen LogP contribution is -2.19. The van der Waals surface area contributed by atoms with Crippen molar-refractivity contribution in [2.45, 2.75) is 89.9 Å². The van der Waals surface area contributed by atoms with Gasteiger partial charge < -0.3 is 19.5 Å². The van der Waals surface area contributed by atoms with Gasteiger partial charge >= 0.3 is 11.9 Å². The van der Waals surface area contributed by atoms with E-state index in [-0.39, 0.29) is 0 Å². The number of unbranched alkanes of at least 4 members (excludes halogenated alkanes) is 9. The smallest absolute Gasteiger partial charge is 0.414 e. The highest BCUT2D eigenvalue weighted by molar-refractivity contribution is 7.99. The minimum absolute atomic E-state index is 0.535. The van der Waals surface area contributed by atoms with E-state index in [4.69, 9.17) is 24.5 Å². The van der Waals surface area contributed by atoms with E-state index in [1.807, 2.05) is 30.5 Å². The van der Waals surface area contributed by atoms with Gasteiger partial charge in [-0.25, -0.2) is 14.6 Å². The van der Waals surface area contributed by atoms with E-state index in [1.165, 1.54) is 64.2 Å². The van der Waals surface area contributed by atoms with E-state index >= 15 is 0 Å². The molecule has 0 aliphatic heterocycles. The van der Waals surface area contributed by atoms with Crippen molar-refractivity contribution in [3.8, 4) is 0 Å². The van der Waals surface area contributed by atoms with Gasteiger partial charge in [0, 0.05) is 30.8 Å². The quantitative estimate of drug-likeness (QED) is 0.255. The molecule has 0 aliphatic carbocycles. The first-order valence-corrected chi connectivity index (χ1v) is 12.2. The number of aliphatic carboxylic acids is 2. The van der Waals surface area contributed by atoms with Crippen LogP contribution in [0.4, 0.5) is 0 Å². The van der Waals surface area contributed by atoms with Crippen molar-refractivity contribution in [2.24, 2.45) is 0 Å². The summed E-state index contributed by atoms with van der Waals surface area (Å²) in [7, 11) is 0. The SMILES string of the molecule is CCCCCCCCCCCCOCC(Cn1ccnc1)SCC.O=C(O)C(=O)O. The molecule has 0 radical (unpaired) electrons. The second-order valence-corrected chi connectivity index (χ2v) is 8.78. The zero-order valence-electron chi connectivity index (χ0n) is 18.6. The van der Waals surface area contributed by atoms with Crippen molar-refractivity contribution in [1.82, 2.24) is 9.55 Å². The molecule has 2 N–H and O–H groups in total. The van der Waals surface area contributed by atoms with Crippen molar-refractivity contribution in [3.63, 3.8) is 0 Å². The van der Waals surface area contributed by atoms with Crippen molar-refractivity contribution in [3.05, 3.63) is 18.7 Å². The molecule has 8 heteroatoms. The fourth-order valence-corrected chi connectivity index (χ4v) is 3.87. The summed E-state index contributed by atoms with van der Waals surface area (Å²) >= 11 is 1.98. The lowest BCUT2D eigenvalue weighted by atomic mass is 10.1. The summed E-state index contributed by atoms with van der Waals surface area (Å²) in [4.78, 5) is 22.3. The molecule has 0 fully saturated rings. The number of carbonyl (C=O) groups is 2. The second-order valence-electron chi connectivity index (χ2n) is 7.20. The van der Waals surface area contributed by atoms with E-state index in [0.29, 0.717) is 5.25 Å². The van der Waals surface area contributed by atoms with Crippen molar-refractivity contribution in [1.29, 1.82) is 0 Å². The predicted molar refractivity (Wildman–Crippen MR) is 122 cm³/mol. The van der Waals surface area contributed by atoms with Crippen molar-refractivity contribution >= 4 is 23.7 Å². The molecule has 1 rings (SSSR count). The van der Waals surface area contributed by atoms with Gasteiger partial charge in [-0.3, -0.25) is 0 Å². The third-order valence-corrected chi connectivity index (χ3v) is 5.59. The van der Waals surface area contributed by atoms with E-state index in [0.717, 1.165) is 25.5 Å². The number of carboxylic acid groups (broad SMARTS) is 2. The third kappa shape index (κ3) is 18.5. The standard InChI is InChI=1S/C20H38N2OS.C2H2O4/c1-3-5-6-7-8-9-10-11-12-13-16-23-18-20(24-4-2)17-22-15-14-21-19-22;3-1(4)2(5)6/h14-15,19-20H,3-13,16-18H2,1-2H3;(H,3,4)(H,5,6). The second kappa shape index (κ2) is 20.7. The average Bonchev–Trinajstić information content (AvgIpc) is 3.22. The molecule has 30 heavy (non-hydrogen) atoms. The summed E-state index contributed by atoms with van der Waals surface area (Å²) in [6.07, 6.45) is 19.6. The van der Waals surface area contributed by atoms with Crippen LogP contribution in [-0.4, -0.2) is 55.9 Å². The van der Waals surface area contributed by atoms with Crippen molar-refractivity contribution < 1.29 is 24.5 Å². The van der Waals surface area contributed by atoms with E-state index in [1.54, 1.807) is 0 Å². The first-order valence-electron chi connectivity index (χ1n) is 11.1. The number of nitrogens with zero attached hydrogens (tertiary/aromatic N) is 2. The van der Waals surface area contributed by atoms with Gasteiger partial charge in [0.2, 0.25) is 0 Å². The van der Waals surface area contributed by atoms with E-state index < -0.39 is 11.9 Å². The number of ether oxygens (including phenoxy) is 1. The van der Waals surface area contributed by atoms with Gasteiger partial charge in [0.15, 0.2) is 0 Å². The monoisotopic (exact) mass is 444 g/mol. The molecule has 0 saturated carbocycles. The summed E-state index contributed by atoms with van der Waals surface area (Å²) in [6, 6.07) is 0. The lowest BCUT2D eigenvalue weighted by Gasteiger charge is -2.16. The highest BCUT2D eigenvalue weighted by Crippen LogP contribution is 2.14. The molecular formula is C22H40N2O5S. The Morgan fingerprint density at radius 2 is 1.53 bits per heavy atom. The Kier molecular flexibility index (Phi) is 19.7. The van der Waals surface area contributed by atoms with Crippen LogP contribution in [0.25, 0.3) is 0 Å². The molecule has 0 aromatic carbocycles. The van der Waals surface area contributed by atoms with Crippen LogP contribution >= 0.6 is 11.8 Å². The average molecular weight is 445 g/mol. The summed E-state index contributed by atoms with van der Waals surface area (Å²) in [6.45, 7) is 7.27. The van der Waals surface area contributed by atoms with Gasteiger partial charge in [-0.2, -0.15) is 11.8 Å². The molecule has 1 heterocycles. The number of imidazole rings is 1. The Morgan fingerprint density at radius 3 is 2.00 bits per heavy atom. The molecular weight excluding hydrogens is 404 g/mol. The Labute approximate surface area is 185 Å². The molecule has 174 valence electrons. The van der Waals surface area contributed by atoms with Crippen LogP contribution in [0.5, 0.6) is 0 Å². The van der Waals surface area contributed by atoms with Crippen molar-refractivity contribution in [2.75, 3.05) is 19.0 Å². The summed E-state index contributed by atoms with van der Waals surface area (Å²) in [5.41, 5.74) is 0. The normalized spacial score (nSPS) is 11.5. The minimum atomic E-state index is -1.82. The van der Waals surface area contributed by atoms with Crippen LogP contribution in [0.1, 0.15) is 78.1 Å². The van der Waals surface area contributed by atoms with Gasteiger partial charge in [0.25, 0.3) is 0 Å². The van der Waals surface area contributed by atoms with E-state index in [2.05, 4.69) is 23.4 Å². The highest BCUT2D eigenvalue weighted by Gasteiger charge is 2.09. The molecule has 0 spiro atoms. The van der Waals surface area contributed by atoms with E-state index in [9.17, 15) is 0 Å². The summed E-state index contributed by atoms with van der Waals surface area (Å²) in [5.74, 6) is -2.51. The zero-order chi connectivity index (χ0) is 22.5. The number of rotatable bonds is 17. The molecule has 0 bridgehead atoms. The van der Waals surface area contributed by atoms with Gasteiger partial charge in [0.1, 0.15) is 0 Å². The number of carboxylic acids is 2. The van der Waals surface area contributed by atoms with Crippen LogP contribution in [-0.2, 0) is 20.9 Å². The molecule has 0 amide bonds. The molecule has 0 aliphatic rings. The van der Waals surface area contributed by atoms with Crippen LogP contribution in [0, 0.1) is 0 Å². The number of thioether (sulfide) groups is 1. The molecule has 1 atom stereocenters. The summed E-state index contributed by atoms with van der Waals surface area (Å²) < 4.78 is 8.06. The molecule has 0 saturated heterocycles. The maximum atomic E-state index is 9.10. The maximum Gasteiger partial charge on any atom is 0.414 e. The van der Waals surface area contributed by atoms with Gasteiger partial charge in [-0.05, 0) is 12.2 Å². The molecule has 1 unspecified atom stereocenters. The molecule has 1 aromatic rings. The zero-order valence-corrected chi connectivity index (χ0v) is 19.4. The number of hydrogen-bond acceptors (Lipinski definition) is 5. The highest BCUT2D eigenvalue weighted by atomic mass is 32.2. The van der Waals surface area contributed by atoms with Crippen LogP contribution in [0.3, 0.4) is 0 Å². The Bertz CT molecular complexity index is 514. The Hall–Kier alpha value is -1.54. The largest absolute Gasteiger partial charge is 0.473 e. The maximum absolute atomic E-state index is 9.10. The minimum Gasteiger partial charge on any atom is -0.473 e. The lowest BCUT2D eigenvalue weighted by molar-refractivity contribution is -0.159. The fraction of sp³-hybridized carbons (Fsp3) is 0.773. The Morgan fingerprint density at radius 1 is 0.967 bits per heavy atom.